The van der Waals surface area contributed by atoms with Crippen molar-refractivity contribution in [3.63, 3.8) is 0 Å². The molecule has 6 heteroatoms. The lowest BCUT2D eigenvalue weighted by atomic mass is 10.1. The van der Waals surface area contributed by atoms with Gasteiger partial charge in [-0.3, -0.25) is 0 Å². The lowest BCUT2D eigenvalue weighted by molar-refractivity contribution is 0.597. The first-order chi connectivity index (χ1) is 8.38. The van der Waals surface area contributed by atoms with Gasteiger partial charge in [-0.2, -0.15) is 0 Å². The van der Waals surface area contributed by atoms with Crippen molar-refractivity contribution < 1.29 is 8.42 Å². The van der Waals surface area contributed by atoms with E-state index in [0.717, 1.165) is 19.3 Å². The fourth-order valence-electron chi connectivity index (χ4n) is 1.74. The highest BCUT2D eigenvalue weighted by molar-refractivity contribution is 7.89. The maximum atomic E-state index is 11.3. The highest BCUT2D eigenvalue weighted by atomic mass is 35.5. The van der Waals surface area contributed by atoms with Gasteiger partial charge in [0.1, 0.15) is 0 Å². The fraction of sp³-hybridized carbons (Fsp3) is 0.500. The summed E-state index contributed by atoms with van der Waals surface area (Å²) in [5, 5.41) is 8.85. The van der Waals surface area contributed by atoms with Gasteiger partial charge in [-0.25, -0.2) is 13.6 Å². The summed E-state index contributed by atoms with van der Waals surface area (Å²) in [5.41, 5.74) is 0.614. The number of primary sulfonamides is 1. The van der Waals surface area contributed by atoms with E-state index in [1.807, 2.05) is 0 Å². The van der Waals surface area contributed by atoms with Crippen LogP contribution in [0.3, 0.4) is 0 Å². The maximum absolute atomic E-state index is 11.3. The van der Waals surface area contributed by atoms with Crippen molar-refractivity contribution in [2.24, 2.45) is 5.14 Å². The molecule has 0 saturated heterocycles. The van der Waals surface area contributed by atoms with Crippen molar-refractivity contribution in [1.29, 1.82) is 0 Å². The zero-order chi connectivity index (χ0) is 13.8. The van der Waals surface area contributed by atoms with Gasteiger partial charge >= 0.3 is 0 Å². The van der Waals surface area contributed by atoms with Crippen molar-refractivity contribution in [3.05, 3.63) is 23.2 Å². The molecule has 4 nitrogen and oxygen atoms in total. The molecule has 0 aliphatic heterocycles. The Kier molecular flexibility index (Phi) is 5.44. The number of rotatable bonds is 6. The van der Waals surface area contributed by atoms with Crippen molar-refractivity contribution in [3.8, 4) is 0 Å². The lowest BCUT2D eigenvalue weighted by Crippen LogP contribution is -2.19. The number of halogens is 1. The maximum Gasteiger partial charge on any atom is 0.238 e. The normalized spacial score (nSPS) is 13.3. The molecule has 0 heterocycles. The predicted octanol–water partition coefficient (Wildman–Crippen LogP) is 2.98. The summed E-state index contributed by atoms with van der Waals surface area (Å²) in [6.07, 6.45) is 3.01. The van der Waals surface area contributed by atoms with Crippen LogP contribution >= 0.6 is 11.6 Å². The molecule has 1 atom stereocenters. The number of anilines is 1. The Morgan fingerprint density at radius 1 is 1.39 bits per heavy atom. The fourth-order valence-corrected chi connectivity index (χ4v) is 2.45. The van der Waals surface area contributed by atoms with Crippen molar-refractivity contribution in [2.75, 3.05) is 5.32 Å². The summed E-state index contributed by atoms with van der Waals surface area (Å²) in [7, 11) is -3.70. The van der Waals surface area contributed by atoms with Crippen LogP contribution in [-0.2, 0) is 10.0 Å². The van der Waals surface area contributed by atoms with E-state index < -0.39 is 10.0 Å². The minimum atomic E-state index is -3.70. The van der Waals surface area contributed by atoms with Gasteiger partial charge in [-0.05, 0) is 31.0 Å². The van der Waals surface area contributed by atoms with Gasteiger partial charge in [0.15, 0.2) is 0 Å². The minimum absolute atomic E-state index is 0.0701. The second-order valence-electron chi connectivity index (χ2n) is 4.22. The summed E-state index contributed by atoms with van der Waals surface area (Å²) >= 11 is 6.05. The first-order valence-electron chi connectivity index (χ1n) is 5.97. The summed E-state index contributed by atoms with van der Waals surface area (Å²) in [6, 6.07) is 4.71. The molecule has 0 aromatic heterocycles. The van der Waals surface area contributed by atoms with Gasteiger partial charge in [-0.15, -0.1) is 0 Å². The number of hydrogen-bond acceptors (Lipinski definition) is 3. The zero-order valence-electron chi connectivity index (χ0n) is 10.6. The van der Waals surface area contributed by atoms with E-state index in [4.69, 9.17) is 16.7 Å². The van der Waals surface area contributed by atoms with E-state index in [0.29, 0.717) is 10.7 Å². The minimum Gasteiger partial charge on any atom is -0.381 e. The monoisotopic (exact) mass is 290 g/mol. The third-order valence-corrected chi connectivity index (χ3v) is 4.00. The summed E-state index contributed by atoms with van der Waals surface area (Å²) in [5.74, 6) is 0. The molecule has 1 aromatic carbocycles. The molecule has 0 aliphatic rings. The van der Waals surface area contributed by atoms with Crippen LogP contribution in [-0.4, -0.2) is 14.5 Å². The molecule has 3 N–H and O–H groups in total. The predicted molar refractivity (Wildman–Crippen MR) is 75.4 cm³/mol. The number of nitrogens with two attached hydrogens (primary N) is 1. The molecule has 0 bridgehead atoms. The van der Waals surface area contributed by atoms with Gasteiger partial charge in [0.2, 0.25) is 10.0 Å². The number of hydrogen-bond donors (Lipinski definition) is 2. The quantitative estimate of drug-likeness (QED) is 0.846. The van der Waals surface area contributed by atoms with E-state index >= 15 is 0 Å². The van der Waals surface area contributed by atoms with Crippen LogP contribution in [0.4, 0.5) is 5.69 Å². The van der Waals surface area contributed by atoms with E-state index in [9.17, 15) is 8.42 Å². The first kappa shape index (κ1) is 15.3. The van der Waals surface area contributed by atoms with Crippen LogP contribution in [0.2, 0.25) is 5.02 Å². The second kappa shape index (κ2) is 6.41. The van der Waals surface area contributed by atoms with Crippen molar-refractivity contribution >= 4 is 27.3 Å². The van der Waals surface area contributed by atoms with Crippen LogP contribution in [0, 0.1) is 0 Å². The molecule has 0 amide bonds. The molecule has 1 unspecified atom stereocenters. The average Bonchev–Trinajstić information content (AvgIpc) is 2.29. The molecule has 0 fully saturated rings. The first-order valence-corrected chi connectivity index (χ1v) is 7.89. The molecular formula is C12H19ClN2O2S. The van der Waals surface area contributed by atoms with Gasteiger partial charge in [0.05, 0.1) is 15.6 Å². The largest absolute Gasteiger partial charge is 0.381 e. The Morgan fingerprint density at radius 2 is 2.06 bits per heavy atom. The standard InChI is InChI=1S/C12H19ClN2O2S/c1-3-5-9(4-2)15-12-8-10(18(14,16)17)6-7-11(12)13/h6-9,15H,3-5H2,1-2H3,(H2,14,16,17). The molecule has 0 spiro atoms. The molecule has 0 radical (unpaired) electrons. The van der Waals surface area contributed by atoms with Crippen LogP contribution in [0.5, 0.6) is 0 Å². The van der Waals surface area contributed by atoms with E-state index in [2.05, 4.69) is 19.2 Å². The van der Waals surface area contributed by atoms with Crippen LogP contribution < -0.4 is 10.5 Å². The Bertz CT molecular complexity index is 503. The van der Waals surface area contributed by atoms with Gasteiger partial charge in [0, 0.05) is 6.04 Å². The second-order valence-corrected chi connectivity index (χ2v) is 6.19. The van der Waals surface area contributed by atoms with Crippen LogP contribution in [0.15, 0.2) is 23.1 Å². The average molecular weight is 291 g/mol. The zero-order valence-corrected chi connectivity index (χ0v) is 12.2. The number of sulfonamides is 1. The molecule has 102 valence electrons. The van der Waals surface area contributed by atoms with Crippen molar-refractivity contribution in [1.82, 2.24) is 0 Å². The summed E-state index contributed by atoms with van der Waals surface area (Å²) in [4.78, 5) is 0.0701. The molecular weight excluding hydrogens is 272 g/mol. The smallest absolute Gasteiger partial charge is 0.238 e. The van der Waals surface area contributed by atoms with Gasteiger partial charge < -0.3 is 5.32 Å². The highest BCUT2D eigenvalue weighted by Crippen LogP contribution is 2.26. The molecule has 0 aliphatic carbocycles. The van der Waals surface area contributed by atoms with Gasteiger partial charge in [0.25, 0.3) is 0 Å². The molecule has 18 heavy (non-hydrogen) atoms. The van der Waals surface area contributed by atoms with E-state index in [1.54, 1.807) is 6.07 Å². The molecule has 1 rings (SSSR count). The Hall–Kier alpha value is -0.780. The molecule has 1 aromatic rings. The third kappa shape index (κ3) is 4.15. The van der Waals surface area contributed by atoms with Crippen LogP contribution in [0.25, 0.3) is 0 Å². The lowest BCUT2D eigenvalue weighted by Gasteiger charge is -2.18. The number of nitrogens with one attached hydrogen (secondary N) is 1. The Labute approximate surface area is 114 Å². The van der Waals surface area contributed by atoms with Crippen molar-refractivity contribution in [2.45, 2.75) is 44.0 Å². The van der Waals surface area contributed by atoms with Crippen LogP contribution in [0.1, 0.15) is 33.1 Å². The summed E-state index contributed by atoms with van der Waals surface area (Å²) in [6.45, 7) is 4.18. The van der Waals surface area contributed by atoms with E-state index in [-0.39, 0.29) is 10.9 Å². The topological polar surface area (TPSA) is 72.2 Å². The summed E-state index contributed by atoms with van der Waals surface area (Å²) < 4.78 is 22.6. The van der Waals surface area contributed by atoms with E-state index in [1.165, 1.54) is 12.1 Å². The Balaban J connectivity index is 3.01. The number of benzene rings is 1. The molecule has 0 saturated carbocycles. The highest BCUT2D eigenvalue weighted by Gasteiger charge is 2.13. The Morgan fingerprint density at radius 3 is 2.56 bits per heavy atom. The van der Waals surface area contributed by atoms with Gasteiger partial charge in [-0.1, -0.05) is 31.9 Å². The SMILES string of the molecule is CCCC(CC)Nc1cc(S(N)(=O)=O)ccc1Cl. The third-order valence-electron chi connectivity index (χ3n) is 2.76.